The number of ether oxygens (including phenoxy) is 1. The first-order valence-electron chi connectivity index (χ1n) is 8.28. The molecular weight excluding hydrogens is 347 g/mol. The average Bonchev–Trinajstić information content (AvgIpc) is 2.77. The summed E-state index contributed by atoms with van der Waals surface area (Å²) in [5.41, 5.74) is 3.01. The van der Waals surface area contributed by atoms with Crippen LogP contribution in [0.15, 0.2) is 42.5 Å². The van der Waals surface area contributed by atoms with E-state index in [1.807, 2.05) is 6.07 Å². The predicted molar refractivity (Wildman–Crippen MR) is 90.5 cm³/mol. The lowest BCUT2D eigenvalue weighted by Crippen LogP contribution is -2.24. The molecule has 0 saturated carbocycles. The summed E-state index contributed by atoms with van der Waals surface area (Å²) in [5.74, 6) is -1.24. The molecule has 0 fully saturated rings. The Morgan fingerprint density at radius 3 is 2.50 bits per heavy atom. The van der Waals surface area contributed by atoms with Crippen LogP contribution in [-0.2, 0) is 13.0 Å². The molecule has 2 aromatic carbocycles. The zero-order valence-electron chi connectivity index (χ0n) is 13.9. The number of hydrogen-bond acceptors (Lipinski definition) is 3. The van der Waals surface area contributed by atoms with Crippen LogP contribution in [0.1, 0.15) is 34.3 Å². The number of hydrogen-bond donors (Lipinski definition) is 1. The second kappa shape index (κ2) is 7.27. The third kappa shape index (κ3) is 4.47. The maximum atomic E-state index is 12.2. The summed E-state index contributed by atoms with van der Waals surface area (Å²) in [5, 5.41) is 9.23. The van der Waals surface area contributed by atoms with Crippen molar-refractivity contribution < 1.29 is 27.8 Å². The van der Waals surface area contributed by atoms with Crippen molar-refractivity contribution in [2.45, 2.75) is 32.2 Å². The molecule has 0 atom stereocenters. The molecule has 0 aliphatic carbocycles. The lowest BCUT2D eigenvalue weighted by molar-refractivity contribution is -0.274. The molecular formula is C19H18F3NO3. The van der Waals surface area contributed by atoms with E-state index in [9.17, 15) is 23.1 Å². The van der Waals surface area contributed by atoms with Crippen LogP contribution in [0.3, 0.4) is 0 Å². The van der Waals surface area contributed by atoms with Gasteiger partial charge in [-0.3, -0.25) is 0 Å². The standard InChI is InChI=1S/C19H18F3NO3/c20-19(21,22)26-16-8-4-13(5-9-16)12-23-10-2-1-3-14-6-7-15(18(24)25)11-17(14)23/h4-9,11H,1-3,10,12H2,(H,24,25). The van der Waals surface area contributed by atoms with Crippen LogP contribution in [-0.4, -0.2) is 24.0 Å². The Balaban J connectivity index is 1.81. The number of nitrogens with zero attached hydrogens (tertiary/aromatic N) is 1. The van der Waals surface area contributed by atoms with E-state index in [4.69, 9.17) is 0 Å². The van der Waals surface area contributed by atoms with Gasteiger partial charge in [0.25, 0.3) is 0 Å². The Bertz CT molecular complexity index is 788. The number of halogens is 3. The summed E-state index contributed by atoms with van der Waals surface area (Å²) >= 11 is 0. The fraction of sp³-hybridized carbons (Fsp3) is 0.316. The number of carboxylic acids is 1. The zero-order chi connectivity index (χ0) is 18.7. The monoisotopic (exact) mass is 365 g/mol. The molecule has 1 N–H and O–H groups in total. The fourth-order valence-electron chi connectivity index (χ4n) is 3.12. The van der Waals surface area contributed by atoms with E-state index in [0.29, 0.717) is 6.54 Å². The van der Waals surface area contributed by atoms with Gasteiger partial charge in [0.1, 0.15) is 5.75 Å². The van der Waals surface area contributed by atoms with Gasteiger partial charge < -0.3 is 14.7 Å². The summed E-state index contributed by atoms with van der Waals surface area (Å²) in [4.78, 5) is 13.3. The van der Waals surface area contributed by atoms with Crippen molar-refractivity contribution in [3.05, 3.63) is 59.2 Å². The second-order valence-corrected chi connectivity index (χ2v) is 6.22. The van der Waals surface area contributed by atoms with Gasteiger partial charge in [-0.1, -0.05) is 18.2 Å². The first-order valence-corrected chi connectivity index (χ1v) is 8.28. The Hall–Kier alpha value is -2.70. The van der Waals surface area contributed by atoms with E-state index in [-0.39, 0.29) is 11.3 Å². The lowest BCUT2D eigenvalue weighted by Gasteiger charge is -2.25. The van der Waals surface area contributed by atoms with Crippen molar-refractivity contribution in [2.24, 2.45) is 0 Å². The van der Waals surface area contributed by atoms with Gasteiger partial charge in [0.2, 0.25) is 0 Å². The minimum Gasteiger partial charge on any atom is -0.478 e. The predicted octanol–water partition coefficient (Wildman–Crippen LogP) is 4.63. The van der Waals surface area contributed by atoms with E-state index in [2.05, 4.69) is 9.64 Å². The third-order valence-electron chi connectivity index (χ3n) is 4.33. The van der Waals surface area contributed by atoms with Crippen molar-refractivity contribution in [1.29, 1.82) is 0 Å². The van der Waals surface area contributed by atoms with Crippen molar-refractivity contribution in [3.63, 3.8) is 0 Å². The van der Waals surface area contributed by atoms with Gasteiger partial charge in [-0.15, -0.1) is 13.2 Å². The molecule has 0 bridgehead atoms. The fourth-order valence-corrected chi connectivity index (χ4v) is 3.12. The number of rotatable bonds is 4. The number of alkyl halides is 3. The molecule has 0 unspecified atom stereocenters. The largest absolute Gasteiger partial charge is 0.573 e. The first kappa shape index (κ1) is 18.1. The SMILES string of the molecule is O=C(O)c1ccc2c(c1)N(Cc1ccc(OC(F)(F)F)cc1)CCCC2. The third-order valence-corrected chi connectivity index (χ3v) is 4.33. The highest BCUT2D eigenvalue weighted by Crippen LogP contribution is 2.30. The molecule has 3 rings (SSSR count). The molecule has 1 aliphatic rings. The Kier molecular flexibility index (Phi) is 5.06. The maximum absolute atomic E-state index is 12.2. The summed E-state index contributed by atoms with van der Waals surface area (Å²) in [6.45, 7) is 1.25. The lowest BCUT2D eigenvalue weighted by atomic mass is 10.0. The van der Waals surface area contributed by atoms with E-state index in [1.54, 1.807) is 24.3 Å². The van der Waals surface area contributed by atoms with E-state index >= 15 is 0 Å². The van der Waals surface area contributed by atoms with Gasteiger partial charge in [-0.2, -0.15) is 0 Å². The highest BCUT2D eigenvalue weighted by atomic mass is 19.4. The number of anilines is 1. The molecule has 1 heterocycles. The summed E-state index contributed by atoms with van der Waals surface area (Å²) < 4.78 is 40.6. The number of aromatic carboxylic acids is 1. The van der Waals surface area contributed by atoms with Gasteiger partial charge in [0, 0.05) is 18.8 Å². The van der Waals surface area contributed by atoms with Crippen LogP contribution in [0.2, 0.25) is 0 Å². The Morgan fingerprint density at radius 1 is 1.12 bits per heavy atom. The minimum atomic E-state index is -4.71. The molecule has 2 aromatic rings. The van der Waals surface area contributed by atoms with E-state index < -0.39 is 12.3 Å². The molecule has 4 nitrogen and oxygen atoms in total. The highest BCUT2D eigenvalue weighted by Gasteiger charge is 2.31. The Labute approximate surface area is 148 Å². The maximum Gasteiger partial charge on any atom is 0.573 e. The summed E-state index contributed by atoms with van der Waals surface area (Å²) in [6, 6.07) is 10.9. The zero-order valence-corrected chi connectivity index (χ0v) is 13.9. The number of benzene rings is 2. The van der Waals surface area contributed by atoms with Crippen LogP contribution in [0, 0.1) is 0 Å². The van der Waals surface area contributed by atoms with Gasteiger partial charge in [-0.05, 0) is 54.7 Å². The molecule has 0 amide bonds. The van der Waals surface area contributed by atoms with Crippen LogP contribution < -0.4 is 9.64 Å². The van der Waals surface area contributed by atoms with Crippen LogP contribution in [0.4, 0.5) is 18.9 Å². The first-order chi connectivity index (χ1) is 12.3. The van der Waals surface area contributed by atoms with Gasteiger partial charge in [-0.25, -0.2) is 4.79 Å². The van der Waals surface area contributed by atoms with Crippen molar-refractivity contribution in [2.75, 3.05) is 11.4 Å². The van der Waals surface area contributed by atoms with Gasteiger partial charge in [0.15, 0.2) is 0 Å². The topological polar surface area (TPSA) is 49.8 Å². The van der Waals surface area contributed by atoms with Gasteiger partial charge in [0.05, 0.1) is 5.56 Å². The van der Waals surface area contributed by atoms with Crippen molar-refractivity contribution in [3.8, 4) is 5.75 Å². The summed E-state index contributed by atoms with van der Waals surface area (Å²) in [6.07, 6.45) is -1.86. The molecule has 0 radical (unpaired) electrons. The Morgan fingerprint density at radius 2 is 1.85 bits per heavy atom. The molecule has 26 heavy (non-hydrogen) atoms. The number of carbonyl (C=O) groups is 1. The number of aryl methyl sites for hydroxylation is 1. The van der Waals surface area contributed by atoms with Crippen molar-refractivity contribution in [1.82, 2.24) is 0 Å². The second-order valence-electron chi connectivity index (χ2n) is 6.22. The van der Waals surface area contributed by atoms with Crippen LogP contribution in [0.25, 0.3) is 0 Å². The van der Waals surface area contributed by atoms with Gasteiger partial charge >= 0.3 is 12.3 Å². The molecule has 138 valence electrons. The normalized spacial score (nSPS) is 14.5. The van der Waals surface area contributed by atoms with E-state index in [0.717, 1.165) is 42.6 Å². The quantitative estimate of drug-likeness (QED) is 0.859. The minimum absolute atomic E-state index is 0.226. The number of carboxylic acid groups (broad SMARTS) is 1. The average molecular weight is 365 g/mol. The van der Waals surface area contributed by atoms with E-state index in [1.165, 1.54) is 12.1 Å². The molecule has 7 heteroatoms. The number of fused-ring (bicyclic) bond motifs is 1. The summed E-state index contributed by atoms with van der Waals surface area (Å²) in [7, 11) is 0. The van der Waals surface area contributed by atoms with Crippen LogP contribution in [0.5, 0.6) is 5.75 Å². The molecule has 0 aromatic heterocycles. The molecule has 0 saturated heterocycles. The molecule has 1 aliphatic heterocycles. The van der Waals surface area contributed by atoms with Crippen molar-refractivity contribution >= 4 is 11.7 Å². The highest BCUT2D eigenvalue weighted by molar-refractivity contribution is 5.89. The molecule has 0 spiro atoms. The van der Waals surface area contributed by atoms with Crippen LogP contribution >= 0.6 is 0 Å². The smallest absolute Gasteiger partial charge is 0.478 e.